The lowest BCUT2D eigenvalue weighted by Gasteiger charge is -2.09. The third kappa shape index (κ3) is 2.97. The molecule has 0 saturated heterocycles. The Hall–Kier alpha value is -2.56. The predicted octanol–water partition coefficient (Wildman–Crippen LogP) is 4.17. The van der Waals surface area contributed by atoms with Gasteiger partial charge in [0.1, 0.15) is 11.6 Å². The Balaban J connectivity index is 2.44. The lowest BCUT2D eigenvalue weighted by Crippen LogP contribution is -2.03. The Bertz CT molecular complexity index is 724. The van der Waals surface area contributed by atoms with Gasteiger partial charge < -0.3 is 4.74 Å². The molecular weight excluding hydrogens is 281 g/mol. The summed E-state index contributed by atoms with van der Waals surface area (Å²) >= 11 is 0. The first-order valence-electron chi connectivity index (χ1n) is 6.02. The summed E-state index contributed by atoms with van der Waals surface area (Å²) in [7, 11) is 0. The SMILES string of the molecule is C=CC(=O)Oc1ccc(-c2ccc(C)c(F)c2F)c(F)c1. The van der Waals surface area contributed by atoms with Gasteiger partial charge in [-0.15, -0.1) is 0 Å². The van der Waals surface area contributed by atoms with Gasteiger partial charge >= 0.3 is 5.97 Å². The maximum absolute atomic E-state index is 14.0. The van der Waals surface area contributed by atoms with Crippen LogP contribution in [0, 0.1) is 24.4 Å². The van der Waals surface area contributed by atoms with Crippen molar-refractivity contribution in [1.82, 2.24) is 0 Å². The maximum Gasteiger partial charge on any atom is 0.335 e. The molecule has 0 spiro atoms. The van der Waals surface area contributed by atoms with E-state index >= 15 is 0 Å². The number of aryl methyl sites for hydroxylation is 1. The first kappa shape index (κ1) is 14.8. The fourth-order valence-corrected chi connectivity index (χ4v) is 1.79. The van der Waals surface area contributed by atoms with E-state index in [1.54, 1.807) is 0 Å². The van der Waals surface area contributed by atoms with Crippen molar-refractivity contribution in [2.24, 2.45) is 0 Å². The van der Waals surface area contributed by atoms with Crippen molar-refractivity contribution in [2.45, 2.75) is 6.92 Å². The maximum atomic E-state index is 14.0. The Kier molecular flexibility index (Phi) is 4.12. The van der Waals surface area contributed by atoms with E-state index < -0.39 is 23.4 Å². The number of carbonyl (C=O) groups is 1. The van der Waals surface area contributed by atoms with E-state index in [1.165, 1.54) is 31.2 Å². The van der Waals surface area contributed by atoms with Crippen molar-refractivity contribution in [3.8, 4) is 16.9 Å². The van der Waals surface area contributed by atoms with Crippen LogP contribution in [0.4, 0.5) is 13.2 Å². The monoisotopic (exact) mass is 292 g/mol. The van der Waals surface area contributed by atoms with Gasteiger partial charge in [-0.25, -0.2) is 18.0 Å². The summed E-state index contributed by atoms with van der Waals surface area (Å²) in [6.07, 6.45) is 0.931. The molecule has 2 aromatic carbocycles. The Morgan fingerprint density at radius 1 is 1.10 bits per heavy atom. The molecule has 0 heterocycles. The number of benzene rings is 2. The molecule has 0 saturated carbocycles. The van der Waals surface area contributed by atoms with Crippen LogP contribution in [0.1, 0.15) is 5.56 Å². The van der Waals surface area contributed by atoms with Gasteiger partial charge in [-0.3, -0.25) is 0 Å². The van der Waals surface area contributed by atoms with E-state index in [0.717, 1.165) is 12.1 Å². The number of esters is 1. The van der Waals surface area contributed by atoms with E-state index in [2.05, 4.69) is 6.58 Å². The van der Waals surface area contributed by atoms with Gasteiger partial charge in [0.15, 0.2) is 11.6 Å². The molecule has 0 N–H and O–H groups in total. The molecule has 0 aliphatic rings. The fourth-order valence-electron chi connectivity index (χ4n) is 1.79. The minimum absolute atomic E-state index is 0.0471. The second kappa shape index (κ2) is 5.83. The van der Waals surface area contributed by atoms with Crippen molar-refractivity contribution in [3.63, 3.8) is 0 Å². The van der Waals surface area contributed by atoms with Gasteiger partial charge in [0.25, 0.3) is 0 Å². The molecule has 2 nitrogen and oxygen atoms in total. The molecule has 0 aliphatic carbocycles. The smallest absolute Gasteiger partial charge is 0.335 e. The molecule has 0 aromatic heterocycles. The highest BCUT2D eigenvalue weighted by atomic mass is 19.2. The molecular formula is C16H11F3O2. The molecule has 0 atom stereocenters. The highest BCUT2D eigenvalue weighted by Gasteiger charge is 2.16. The lowest BCUT2D eigenvalue weighted by atomic mass is 10.0. The molecule has 2 rings (SSSR count). The van der Waals surface area contributed by atoms with E-state index in [-0.39, 0.29) is 22.4 Å². The third-order valence-electron chi connectivity index (χ3n) is 2.89. The third-order valence-corrected chi connectivity index (χ3v) is 2.89. The molecule has 2 aromatic rings. The molecule has 0 bridgehead atoms. The van der Waals surface area contributed by atoms with Crippen LogP contribution in [0.2, 0.25) is 0 Å². The largest absolute Gasteiger partial charge is 0.423 e. The number of ether oxygens (including phenoxy) is 1. The quantitative estimate of drug-likeness (QED) is 0.482. The summed E-state index contributed by atoms with van der Waals surface area (Å²) in [5.41, 5.74) is -0.185. The van der Waals surface area contributed by atoms with Crippen LogP contribution in [-0.4, -0.2) is 5.97 Å². The second-order valence-electron chi connectivity index (χ2n) is 4.32. The topological polar surface area (TPSA) is 26.3 Å². The second-order valence-corrected chi connectivity index (χ2v) is 4.32. The summed E-state index contributed by atoms with van der Waals surface area (Å²) in [4.78, 5) is 11.0. The van der Waals surface area contributed by atoms with Gasteiger partial charge in [-0.2, -0.15) is 0 Å². The van der Waals surface area contributed by atoms with E-state index in [4.69, 9.17) is 4.74 Å². The van der Waals surface area contributed by atoms with Crippen LogP contribution >= 0.6 is 0 Å². The van der Waals surface area contributed by atoms with Gasteiger partial charge in [0, 0.05) is 23.3 Å². The normalized spacial score (nSPS) is 10.3. The first-order valence-corrected chi connectivity index (χ1v) is 6.02. The number of carbonyl (C=O) groups excluding carboxylic acids is 1. The molecule has 108 valence electrons. The number of hydrogen-bond donors (Lipinski definition) is 0. The van der Waals surface area contributed by atoms with Crippen LogP contribution in [0.5, 0.6) is 5.75 Å². The van der Waals surface area contributed by atoms with Crippen LogP contribution in [0.3, 0.4) is 0 Å². The number of halogens is 3. The molecule has 0 fully saturated rings. The summed E-state index contributed by atoms with van der Waals surface area (Å²) in [5.74, 6) is -3.76. The van der Waals surface area contributed by atoms with E-state index in [9.17, 15) is 18.0 Å². The summed E-state index contributed by atoms with van der Waals surface area (Å²) in [6.45, 7) is 4.63. The van der Waals surface area contributed by atoms with Crippen LogP contribution < -0.4 is 4.74 Å². The van der Waals surface area contributed by atoms with Crippen LogP contribution in [-0.2, 0) is 4.79 Å². The van der Waals surface area contributed by atoms with Crippen LogP contribution in [0.25, 0.3) is 11.1 Å². The zero-order valence-electron chi connectivity index (χ0n) is 11.1. The van der Waals surface area contributed by atoms with Crippen molar-refractivity contribution in [1.29, 1.82) is 0 Å². The minimum atomic E-state index is -1.12. The van der Waals surface area contributed by atoms with Gasteiger partial charge in [0.05, 0.1) is 0 Å². The predicted molar refractivity (Wildman–Crippen MR) is 72.3 cm³/mol. The standard InChI is InChI=1S/C16H11F3O2/c1-3-14(20)21-10-5-7-11(13(17)8-10)12-6-4-9(2)15(18)16(12)19/h3-8H,1H2,2H3. The Morgan fingerprint density at radius 2 is 1.76 bits per heavy atom. The average molecular weight is 292 g/mol. The zero-order chi connectivity index (χ0) is 15.6. The summed E-state index contributed by atoms with van der Waals surface area (Å²) < 4.78 is 46.1. The first-order chi connectivity index (χ1) is 9.93. The summed E-state index contributed by atoms with van der Waals surface area (Å²) in [6, 6.07) is 6.08. The van der Waals surface area contributed by atoms with Gasteiger partial charge in [0.2, 0.25) is 0 Å². The fraction of sp³-hybridized carbons (Fsp3) is 0.0625. The zero-order valence-corrected chi connectivity index (χ0v) is 11.1. The van der Waals surface area contributed by atoms with Crippen molar-refractivity contribution in [3.05, 3.63) is 66.0 Å². The lowest BCUT2D eigenvalue weighted by molar-refractivity contribution is -0.128. The molecule has 5 heteroatoms. The highest BCUT2D eigenvalue weighted by molar-refractivity contribution is 5.83. The van der Waals surface area contributed by atoms with Gasteiger partial charge in [-0.1, -0.05) is 18.7 Å². The molecule has 0 aliphatic heterocycles. The average Bonchev–Trinajstić information content (AvgIpc) is 2.46. The van der Waals surface area contributed by atoms with Crippen LogP contribution in [0.15, 0.2) is 43.0 Å². The number of hydrogen-bond acceptors (Lipinski definition) is 2. The number of rotatable bonds is 3. The Labute approximate surface area is 119 Å². The molecule has 0 amide bonds. The van der Waals surface area contributed by atoms with Crippen molar-refractivity contribution >= 4 is 5.97 Å². The molecule has 0 unspecified atom stereocenters. The van der Waals surface area contributed by atoms with Gasteiger partial charge in [-0.05, 0) is 24.6 Å². The molecule has 0 radical (unpaired) electrons. The van der Waals surface area contributed by atoms with Crippen molar-refractivity contribution in [2.75, 3.05) is 0 Å². The van der Waals surface area contributed by atoms with E-state index in [1.807, 2.05) is 0 Å². The summed E-state index contributed by atoms with van der Waals surface area (Å²) in [5, 5.41) is 0. The van der Waals surface area contributed by atoms with E-state index in [0.29, 0.717) is 0 Å². The molecule has 21 heavy (non-hydrogen) atoms. The Morgan fingerprint density at radius 3 is 2.38 bits per heavy atom. The highest BCUT2D eigenvalue weighted by Crippen LogP contribution is 2.30. The minimum Gasteiger partial charge on any atom is -0.423 e. The van der Waals surface area contributed by atoms with Crippen molar-refractivity contribution < 1.29 is 22.7 Å².